The van der Waals surface area contributed by atoms with Gasteiger partial charge in [0.2, 0.25) is 0 Å². The SMILES string of the molecule is CCO/N=C1/C=C(C)C(O)(C#Cc2ccccc2C(=O)OCC)C(C)(C)C1. The highest BCUT2D eigenvalue weighted by atomic mass is 16.6. The highest BCUT2D eigenvalue weighted by molar-refractivity contribution is 5.97. The Morgan fingerprint density at radius 3 is 2.59 bits per heavy atom. The predicted octanol–water partition coefficient (Wildman–Crippen LogP) is 3.71. The minimum atomic E-state index is -1.35. The van der Waals surface area contributed by atoms with Crippen molar-refractivity contribution >= 4 is 11.7 Å². The maximum absolute atomic E-state index is 12.1. The molecule has 5 nitrogen and oxygen atoms in total. The first kappa shape index (κ1) is 20.7. The highest BCUT2D eigenvalue weighted by Gasteiger charge is 2.47. The van der Waals surface area contributed by atoms with Gasteiger partial charge in [0.25, 0.3) is 0 Å². The fourth-order valence-corrected chi connectivity index (χ4v) is 3.13. The largest absolute Gasteiger partial charge is 0.462 e. The number of rotatable bonds is 4. The Labute approximate surface area is 161 Å². The van der Waals surface area contributed by atoms with Crippen LogP contribution in [0.5, 0.6) is 0 Å². The minimum absolute atomic E-state index is 0.293. The molecule has 0 aliphatic heterocycles. The maximum Gasteiger partial charge on any atom is 0.339 e. The summed E-state index contributed by atoms with van der Waals surface area (Å²) in [6.45, 7) is 10.1. The molecule has 0 aromatic heterocycles. The van der Waals surface area contributed by atoms with Crippen molar-refractivity contribution in [1.29, 1.82) is 0 Å². The van der Waals surface area contributed by atoms with Crippen LogP contribution in [0.2, 0.25) is 0 Å². The van der Waals surface area contributed by atoms with Crippen LogP contribution >= 0.6 is 0 Å². The number of aliphatic hydroxyl groups is 1. The second-order valence-electron chi connectivity index (χ2n) is 7.11. The molecule has 1 aliphatic carbocycles. The molecule has 0 saturated carbocycles. The number of carbonyl (C=O) groups excluding carboxylic acids is 1. The standard InChI is InChI=1S/C22H27NO4/c1-6-26-20(24)19-11-9-8-10-17(19)12-13-22(25)16(3)14-18(23-27-7-2)15-21(22,4)5/h8-11,14,25H,6-7,15H2,1-5H3/b23-18-. The Kier molecular flexibility index (Phi) is 6.45. The molecule has 5 heteroatoms. The first-order chi connectivity index (χ1) is 12.7. The van der Waals surface area contributed by atoms with Crippen LogP contribution in [-0.4, -0.2) is 35.6 Å². The Hall–Kier alpha value is -2.58. The molecule has 0 saturated heterocycles. The van der Waals surface area contributed by atoms with Crippen molar-refractivity contribution < 1.29 is 19.5 Å². The third-order valence-electron chi connectivity index (χ3n) is 4.67. The first-order valence-corrected chi connectivity index (χ1v) is 9.14. The van der Waals surface area contributed by atoms with Gasteiger partial charge in [-0.3, -0.25) is 0 Å². The molecule has 0 amide bonds. The lowest BCUT2D eigenvalue weighted by atomic mass is 9.65. The average molecular weight is 369 g/mol. The van der Waals surface area contributed by atoms with Gasteiger partial charge in [-0.1, -0.05) is 43.0 Å². The lowest BCUT2D eigenvalue weighted by Gasteiger charge is -2.42. The van der Waals surface area contributed by atoms with Gasteiger partial charge in [0, 0.05) is 17.4 Å². The number of allylic oxidation sites excluding steroid dienone is 1. The summed E-state index contributed by atoms with van der Waals surface area (Å²) in [6, 6.07) is 6.99. The van der Waals surface area contributed by atoms with Gasteiger partial charge < -0.3 is 14.7 Å². The predicted molar refractivity (Wildman–Crippen MR) is 105 cm³/mol. The second kappa shape index (κ2) is 8.41. The third-order valence-corrected chi connectivity index (χ3v) is 4.67. The molecular formula is C22H27NO4. The fourth-order valence-electron chi connectivity index (χ4n) is 3.13. The number of hydrogen-bond acceptors (Lipinski definition) is 5. The number of carbonyl (C=O) groups is 1. The molecule has 0 bridgehead atoms. The van der Waals surface area contributed by atoms with Gasteiger partial charge in [-0.25, -0.2) is 4.79 Å². The van der Waals surface area contributed by atoms with E-state index in [-0.39, 0.29) is 0 Å². The van der Waals surface area contributed by atoms with Crippen LogP contribution in [0, 0.1) is 17.3 Å². The number of ether oxygens (including phenoxy) is 1. The number of nitrogens with zero attached hydrogens (tertiary/aromatic N) is 1. The monoisotopic (exact) mass is 369 g/mol. The minimum Gasteiger partial charge on any atom is -0.462 e. The molecule has 1 aromatic carbocycles. The van der Waals surface area contributed by atoms with Crippen molar-refractivity contribution in [3.05, 3.63) is 47.0 Å². The molecule has 1 N–H and O–H groups in total. The van der Waals surface area contributed by atoms with Crippen LogP contribution in [0.15, 0.2) is 41.1 Å². The van der Waals surface area contributed by atoms with Crippen LogP contribution in [0.4, 0.5) is 0 Å². The van der Waals surface area contributed by atoms with Crippen molar-refractivity contribution in [1.82, 2.24) is 0 Å². The van der Waals surface area contributed by atoms with Gasteiger partial charge in [0.1, 0.15) is 6.61 Å². The fraction of sp³-hybridized carbons (Fsp3) is 0.455. The van der Waals surface area contributed by atoms with E-state index in [0.29, 0.717) is 36.3 Å². The van der Waals surface area contributed by atoms with Crippen LogP contribution in [0.25, 0.3) is 0 Å². The van der Waals surface area contributed by atoms with E-state index in [1.807, 2.05) is 33.8 Å². The van der Waals surface area contributed by atoms with E-state index in [9.17, 15) is 9.90 Å². The quantitative estimate of drug-likeness (QED) is 0.499. The number of benzene rings is 1. The summed E-state index contributed by atoms with van der Waals surface area (Å²) in [7, 11) is 0. The van der Waals surface area contributed by atoms with Crippen LogP contribution < -0.4 is 0 Å². The zero-order chi connectivity index (χ0) is 20.1. The summed E-state index contributed by atoms with van der Waals surface area (Å²) in [5.41, 5.74) is 0.468. The average Bonchev–Trinajstić information content (AvgIpc) is 2.63. The number of oxime groups is 1. The van der Waals surface area contributed by atoms with Crippen molar-refractivity contribution in [3.63, 3.8) is 0 Å². The van der Waals surface area contributed by atoms with Gasteiger partial charge in [-0.15, -0.1) is 0 Å². The second-order valence-corrected chi connectivity index (χ2v) is 7.11. The molecule has 1 aliphatic rings. The van der Waals surface area contributed by atoms with Gasteiger partial charge in [-0.2, -0.15) is 0 Å². The van der Waals surface area contributed by atoms with Crippen molar-refractivity contribution in [3.8, 4) is 11.8 Å². The highest BCUT2D eigenvalue weighted by Crippen LogP contribution is 2.43. The number of esters is 1. The van der Waals surface area contributed by atoms with E-state index < -0.39 is 17.0 Å². The first-order valence-electron chi connectivity index (χ1n) is 9.14. The van der Waals surface area contributed by atoms with Crippen LogP contribution in [0.3, 0.4) is 0 Å². The van der Waals surface area contributed by atoms with E-state index in [0.717, 1.165) is 5.71 Å². The molecule has 27 heavy (non-hydrogen) atoms. The van der Waals surface area contributed by atoms with Crippen molar-refractivity contribution in [2.45, 2.75) is 46.6 Å². The van der Waals surface area contributed by atoms with Gasteiger partial charge in [0.15, 0.2) is 5.60 Å². The molecule has 0 radical (unpaired) electrons. The summed E-state index contributed by atoms with van der Waals surface area (Å²) >= 11 is 0. The zero-order valence-electron chi connectivity index (χ0n) is 16.6. The normalized spacial score (nSPS) is 22.4. The molecule has 1 atom stereocenters. The van der Waals surface area contributed by atoms with E-state index in [1.165, 1.54) is 0 Å². The topological polar surface area (TPSA) is 68.1 Å². The van der Waals surface area contributed by atoms with Crippen molar-refractivity contribution in [2.24, 2.45) is 10.6 Å². The van der Waals surface area contributed by atoms with Crippen LogP contribution in [0.1, 0.15) is 57.0 Å². The van der Waals surface area contributed by atoms with E-state index >= 15 is 0 Å². The summed E-state index contributed by atoms with van der Waals surface area (Å²) in [5.74, 6) is 5.58. The molecule has 1 unspecified atom stereocenters. The Morgan fingerprint density at radius 2 is 1.96 bits per heavy atom. The third kappa shape index (κ3) is 4.40. The van der Waals surface area contributed by atoms with Gasteiger partial charge in [0.05, 0.1) is 17.9 Å². The van der Waals surface area contributed by atoms with Gasteiger partial charge >= 0.3 is 5.97 Å². The molecule has 1 aromatic rings. The summed E-state index contributed by atoms with van der Waals surface area (Å²) < 4.78 is 5.09. The van der Waals surface area contributed by atoms with E-state index in [1.54, 1.807) is 31.2 Å². The summed E-state index contributed by atoms with van der Waals surface area (Å²) in [5, 5.41) is 15.5. The van der Waals surface area contributed by atoms with E-state index in [4.69, 9.17) is 9.57 Å². The number of hydrogen-bond donors (Lipinski definition) is 1. The molecule has 0 spiro atoms. The molecular weight excluding hydrogens is 342 g/mol. The molecule has 0 fully saturated rings. The van der Waals surface area contributed by atoms with E-state index in [2.05, 4.69) is 17.0 Å². The Balaban J connectivity index is 2.45. The summed E-state index contributed by atoms with van der Waals surface area (Å²) in [6.07, 6.45) is 2.34. The molecule has 2 rings (SSSR count). The molecule has 144 valence electrons. The lowest BCUT2D eigenvalue weighted by molar-refractivity contribution is 0.0177. The Bertz CT molecular complexity index is 826. The summed E-state index contributed by atoms with van der Waals surface area (Å²) in [4.78, 5) is 17.3. The maximum atomic E-state index is 12.1. The smallest absolute Gasteiger partial charge is 0.339 e. The Morgan fingerprint density at radius 1 is 1.26 bits per heavy atom. The zero-order valence-corrected chi connectivity index (χ0v) is 16.6. The van der Waals surface area contributed by atoms with Crippen molar-refractivity contribution in [2.75, 3.05) is 13.2 Å². The lowest BCUT2D eigenvalue weighted by Crippen LogP contribution is -2.48. The van der Waals surface area contributed by atoms with Crippen LogP contribution in [-0.2, 0) is 9.57 Å². The van der Waals surface area contributed by atoms with Gasteiger partial charge in [-0.05, 0) is 44.6 Å². The molecule has 0 heterocycles.